The van der Waals surface area contributed by atoms with E-state index in [9.17, 15) is 24.6 Å². The highest BCUT2D eigenvalue weighted by atomic mass is 127. The van der Waals surface area contributed by atoms with Gasteiger partial charge in [-0.05, 0) is 70.1 Å². The maximum atomic E-state index is 13.4. The van der Waals surface area contributed by atoms with Crippen molar-refractivity contribution in [3.63, 3.8) is 0 Å². The Morgan fingerprint density at radius 1 is 1.24 bits per heavy atom. The van der Waals surface area contributed by atoms with E-state index in [-0.39, 0.29) is 29.4 Å². The molecule has 1 N–H and O–H groups in total. The van der Waals surface area contributed by atoms with Crippen molar-refractivity contribution in [2.75, 3.05) is 12.4 Å². The maximum absolute atomic E-state index is 13.4. The molecule has 0 saturated carbocycles. The molecule has 172 valence electrons. The predicted octanol–water partition coefficient (Wildman–Crippen LogP) is 5.47. The Labute approximate surface area is 207 Å². The number of hydrogen-bond acceptors (Lipinski definition) is 6. The number of benzene rings is 3. The second-order valence-electron chi connectivity index (χ2n) is 6.88. The second kappa shape index (κ2) is 11.2. The lowest BCUT2D eigenvalue weighted by Crippen LogP contribution is -2.13. The van der Waals surface area contributed by atoms with Crippen LogP contribution in [-0.2, 0) is 11.4 Å². The third-order valence-electron chi connectivity index (χ3n) is 4.51. The van der Waals surface area contributed by atoms with Crippen molar-refractivity contribution in [3.05, 3.63) is 96.9 Å². The molecule has 1 amide bonds. The van der Waals surface area contributed by atoms with Crippen LogP contribution >= 0.6 is 22.6 Å². The highest BCUT2D eigenvalue weighted by Crippen LogP contribution is 2.35. The molecule has 0 aliphatic heterocycles. The number of hydrogen-bond donors (Lipinski definition) is 1. The first-order valence-corrected chi connectivity index (χ1v) is 10.8. The summed E-state index contributed by atoms with van der Waals surface area (Å²) in [6, 6.07) is 16.6. The van der Waals surface area contributed by atoms with Gasteiger partial charge < -0.3 is 14.8 Å². The van der Waals surface area contributed by atoms with Crippen LogP contribution in [0.15, 0.2) is 66.2 Å². The number of amides is 1. The quantitative estimate of drug-likeness (QED) is 0.126. The van der Waals surface area contributed by atoms with Gasteiger partial charge in [-0.25, -0.2) is 4.39 Å². The fraction of sp³-hybridized carbons (Fsp3) is 0.0833. The molecule has 3 rings (SSSR count). The highest BCUT2D eigenvalue weighted by Gasteiger charge is 2.15. The molecule has 0 heterocycles. The number of nitro groups is 1. The zero-order valence-electron chi connectivity index (χ0n) is 17.7. The van der Waals surface area contributed by atoms with Crippen molar-refractivity contribution in [1.29, 1.82) is 5.26 Å². The topological polar surface area (TPSA) is 114 Å². The van der Waals surface area contributed by atoms with Crippen LogP contribution < -0.4 is 14.8 Å². The molecule has 0 radical (unpaired) electrons. The van der Waals surface area contributed by atoms with Crippen molar-refractivity contribution in [1.82, 2.24) is 0 Å². The Balaban J connectivity index is 1.82. The molecule has 0 atom stereocenters. The van der Waals surface area contributed by atoms with E-state index in [0.717, 1.165) is 0 Å². The lowest BCUT2D eigenvalue weighted by atomic mass is 10.1. The number of nitrogens with zero attached hydrogens (tertiary/aromatic N) is 2. The van der Waals surface area contributed by atoms with Gasteiger partial charge in [0.05, 0.1) is 15.6 Å². The van der Waals surface area contributed by atoms with E-state index in [4.69, 9.17) is 9.47 Å². The molecule has 0 saturated heterocycles. The number of methoxy groups -OCH3 is 1. The minimum Gasteiger partial charge on any atom is -0.493 e. The second-order valence-corrected chi connectivity index (χ2v) is 8.05. The van der Waals surface area contributed by atoms with Gasteiger partial charge in [-0.15, -0.1) is 0 Å². The van der Waals surface area contributed by atoms with E-state index in [0.29, 0.717) is 26.2 Å². The molecule has 10 heteroatoms. The predicted molar refractivity (Wildman–Crippen MR) is 132 cm³/mol. The third kappa shape index (κ3) is 6.29. The molecule has 8 nitrogen and oxygen atoms in total. The summed E-state index contributed by atoms with van der Waals surface area (Å²) in [6.45, 7) is 0.119. The molecule has 34 heavy (non-hydrogen) atoms. The number of non-ortho nitro benzene ring substituents is 1. The highest BCUT2D eigenvalue weighted by molar-refractivity contribution is 14.1. The summed E-state index contributed by atoms with van der Waals surface area (Å²) in [4.78, 5) is 22.9. The standard InChI is InChI=1S/C24H17FIN3O5/c1-33-22-11-16(10-21(26)23(22)34-14-15-4-2-5-18(25)9-15)8-17(13-27)24(30)28-19-6-3-7-20(12-19)29(31)32/h2-12H,14H2,1H3,(H,28,30)/b17-8+. The first-order chi connectivity index (χ1) is 16.3. The molecule has 0 aliphatic rings. The summed E-state index contributed by atoms with van der Waals surface area (Å²) in [6.07, 6.45) is 1.37. The van der Waals surface area contributed by atoms with Crippen molar-refractivity contribution in [2.45, 2.75) is 6.61 Å². The molecule has 0 spiro atoms. The van der Waals surface area contributed by atoms with E-state index in [1.807, 2.05) is 28.7 Å². The van der Waals surface area contributed by atoms with Crippen LogP contribution in [0.3, 0.4) is 0 Å². The summed E-state index contributed by atoms with van der Waals surface area (Å²) in [7, 11) is 1.45. The fourth-order valence-corrected chi connectivity index (χ4v) is 3.74. The van der Waals surface area contributed by atoms with E-state index in [1.54, 1.807) is 24.3 Å². The Morgan fingerprint density at radius 2 is 2.00 bits per heavy atom. The lowest BCUT2D eigenvalue weighted by Gasteiger charge is -2.14. The van der Waals surface area contributed by atoms with Gasteiger partial charge in [0, 0.05) is 17.8 Å². The zero-order chi connectivity index (χ0) is 24.7. The lowest BCUT2D eigenvalue weighted by molar-refractivity contribution is -0.384. The molecule has 0 fully saturated rings. The fourth-order valence-electron chi connectivity index (χ4n) is 2.96. The van der Waals surface area contributed by atoms with Crippen LogP contribution in [0.4, 0.5) is 15.8 Å². The number of rotatable bonds is 8. The largest absolute Gasteiger partial charge is 0.493 e. The van der Waals surface area contributed by atoms with Crippen LogP contribution in [0.1, 0.15) is 11.1 Å². The van der Waals surface area contributed by atoms with Gasteiger partial charge >= 0.3 is 0 Å². The van der Waals surface area contributed by atoms with E-state index >= 15 is 0 Å². The molecule has 0 bridgehead atoms. The van der Waals surface area contributed by atoms with Gasteiger partial charge in [0.2, 0.25) is 0 Å². The van der Waals surface area contributed by atoms with Gasteiger partial charge in [0.1, 0.15) is 24.1 Å². The van der Waals surface area contributed by atoms with Crippen LogP contribution in [0.5, 0.6) is 11.5 Å². The Morgan fingerprint density at radius 3 is 2.68 bits per heavy atom. The number of anilines is 1. The van der Waals surface area contributed by atoms with Gasteiger partial charge in [-0.2, -0.15) is 5.26 Å². The molecule has 3 aromatic carbocycles. The van der Waals surface area contributed by atoms with Crippen LogP contribution in [0.25, 0.3) is 6.08 Å². The number of ether oxygens (including phenoxy) is 2. The van der Waals surface area contributed by atoms with Gasteiger partial charge in [0.15, 0.2) is 11.5 Å². The van der Waals surface area contributed by atoms with Gasteiger partial charge in [-0.1, -0.05) is 18.2 Å². The SMILES string of the molecule is COc1cc(/C=C(\C#N)C(=O)Nc2cccc([N+](=O)[O-])c2)cc(I)c1OCc1cccc(F)c1. The Kier molecular flexibility index (Phi) is 8.15. The first-order valence-electron chi connectivity index (χ1n) is 9.73. The number of carbonyl (C=O) groups excluding carboxylic acids is 1. The number of halogens is 2. The summed E-state index contributed by atoms with van der Waals surface area (Å²) in [5.41, 5.74) is 0.941. The molecular formula is C24H17FIN3O5. The summed E-state index contributed by atoms with van der Waals surface area (Å²) in [5, 5.41) is 22.9. The number of carbonyl (C=O) groups is 1. The van der Waals surface area contributed by atoms with Gasteiger partial charge in [-0.3, -0.25) is 14.9 Å². The molecular weight excluding hydrogens is 556 g/mol. The van der Waals surface area contributed by atoms with Crippen LogP contribution in [0.2, 0.25) is 0 Å². The minimum absolute atomic E-state index is 0.119. The third-order valence-corrected chi connectivity index (χ3v) is 5.32. The number of nitrogens with one attached hydrogen (secondary N) is 1. The zero-order valence-corrected chi connectivity index (χ0v) is 19.9. The molecule has 0 unspecified atom stereocenters. The number of nitriles is 1. The average molecular weight is 573 g/mol. The molecule has 3 aromatic rings. The smallest absolute Gasteiger partial charge is 0.271 e. The maximum Gasteiger partial charge on any atom is 0.271 e. The van der Waals surface area contributed by atoms with Crippen molar-refractivity contribution >= 4 is 45.9 Å². The normalized spacial score (nSPS) is 10.8. The summed E-state index contributed by atoms with van der Waals surface area (Å²) in [5.74, 6) is -0.283. The number of nitro benzene ring substituents is 1. The van der Waals surface area contributed by atoms with Crippen molar-refractivity contribution in [2.24, 2.45) is 0 Å². The van der Waals surface area contributed by atoms with Crippen LogP contribution in [-0.4, -0.2) is 17.9 Å². The molecule has 0 aliphatic carbocycles. The first kappa shape index (κ1) is 24.7. The van der Waals surface area contributed by atoms with Crippen molar-refractivity contribution in [3.8, 4) is 17.6 Å². The molecule has 0 aromatic heterocycles. The minimum atomic E-state index is -0.719. The van der Waals surface area contributed by atoms with E-state index < -0.39 is 10.8 Å². The van der Waals surface area contributed by atoms with E-state index in [2.05, 4.69) is 5.32 Å². The Bertz CT molecular complexity index is 1320. The van der Waals surface area contributed by atoms with E-state index in [1.165, 1.54) is 49.6 Å². The van der Waals surface area contributed by atoms with Crippen LogP contribution in [0, 0.1) is 30.8 Å². The monoisotopic (exact) mass is 573 g/mol. The summed E-state index contributed by atoms with van der Waals surface area (Å²) < 4.78 is 25.3. The van der Waals surface area contributed by atoms with Crippen molar-refractivity contribution < 1.29 is 23.6 Å². The van der Waals surface area contributed by atoms with Gasteiger partial charge in [0.25, 0.3) is 11.6 Å². The summed E-state index contributed by atoms with van der Waals surface area (Å²) >= 11 is 2.03. The Hall–Kier alpha value is -3.98. The average Bonchev–Trinajstić information content (AvgIpc) is 2.81.